The lowest BCUT2D eigenvalue weighted by atomic mass is 10.2. The molecule has 0 bridgehead atoms. The Balaban J connectivity index is 2.01. The highest BCUT2D eigenvalue weighted by molar-refractivity contribution is 6.29. The van der Waals surface area contributed by atoms with Gasteiger partial charge in [0.05, 0.1) is 13.7 Å². The number of methoxy groups -OCH3 is 1. The van der Waals surface area contributed by atoms with Gasteiger partial charge in [-0.05, 0) is 36.2 Å². The van der Waals surface area contributed by atoms with Crippen molar-refractivity contribution < 1.29 is 14.3 Å². The van der Waals surface area contributed by atoms with Crippen LogP contribution in [0.15, 0.2) is 36.5 Å². The minimum Gasteiger partial charge on any atom is -0.493 e. The standard InChI is InChI=1S/C17H19ClN2O3/c1-3-8-23-14-5-4-12(9-15(14)22-2)11-20-17(21)13-6-7-19-16(18)10-13/h4-7,9-10H,3,8,11H2,1-2H3,(H,20,21). The first kappa shape index (κ1) is 17.1. The van der Waals surface area contributed by atoms with Gasteiger partial charge in [0, 0.05) is 18.3 Å². The average molecular weight is 335 g/mol. The maximum Gasteiger partial charge on any atom is 0.251 e. The largest absolute Gasteiger partial charge is 0.493 e. The number of pyridine rings is 1. The molecule has 0 spiro atoms. The van der Waals surface area contributed by atoms with Crippen LogP contribution in [0.3, 0.4) is 0 Å². The van der Waals surface area contributed by atoms with Crippen LogP contribution in [0.25, 0.3) is 0 Å². The zero-order valence-electron chi connectivity index (χ0n) is 13.1. The van der Waals surface area contributed by atoms with E-state index in [2.05, 4.69) is 10.3 Å². The van der Waals surface area contributed by atoms with E-state index in [4.69, 9.17) is 21.1 Å². The number of aromatic nitrogens is 1. The molecule has 0 aliphatic rings. The molecule has 1 amide bonds. The van der Waals surface area contributed by atoms with E-state index in [0.29, 0.717) is 30.2 Å². The van der Waals surface area contributed by atoms with Crippen LogP contribution in [0.2, 0.25) is 5.15 Å². The first-order chi connectivity index (χ1) is 11.1. The number of nitrogens with one attached hydrogen (secondary N) is 1. The van der Waals surface area contributed by atoms with Crippen molar-refractivity contribution in [1.82, 2.24) is 10.3 Å². The normalized spacial score (nSPS) is 10.2. The molecule has 1 heterocycles. The number of ether oxygens (including phenoxy) is 2. The Kier molecular flexibility index (Phi) is 6.23. The van der Waals surface area contributed by atoms with Crippen molar-refractivity contribution in [2.75, 3.05) is 13.7 Å². The monoisotopic (exact) mass is 334 g/mol. The van der Waals surface area contributed by atoms with E-state index in [9.17, 15) is 4.79 Å². The Morgan fingerprint density at radius 2 is 2.09 bits per heavy atom. The summed E-state index contributed by atoms with van der Waals surface area (Å²) in [6, 6.07) is 8.74. The van der Waals surface area contributed by atoms with E-state index < -0.39 is 0 Å². The van der Waals surface area contributed by atoms with Crippen LogP contribution in [-0.4, -0.2) is 24.6 Å². The number of hydrogen-bond donors (Lipinski definition) is 1. The molecule has 6 heteroatoms. The zero-order valence-corrected chi connectivity index (χ0v) is 13.9. The molecule has 1 aromatic heterocycles. The van der Waals surface area contributed by atoms with Crippen molar-refractivity contribution in [3.63, 3.8) is 0 Å². The number of rotatable bonds is 7. The molecule has 0 saturated heterocycles. The molecule has 2 rings (SSSR count). The maximum atomic E-state index is 12.1. The van der Waals surface area contributed by atoms with Crippen molar-refractivity contribution in [1.29, 1.82) is 0 Å². The molecule has 0 aliphatic heterocycles. The van der Waals surface area contributed by atoms with Crippen LogP contribution in [-0.2, 0) is 6.54 Å². The van der Waals surface area contributed by atoms with Crippen molar-refractivity contribution in [3.05, 3.63) is 52.8 Å². The van der Waals surface area contributed by atoms with E-state index in [1.54, 1.807) is 13.2 Å². The van der Waals surface area contributed by atoms with E-state index in [-0.39, 0.29) is 11.1 Å². The van der Waals surface area contributed by atoms with Gasteiger partial charge in [-0.15, -0.1) is 0 Å². The molecular weight excluding hydrogens is 316 g/mol. The molecule has 0 fully saturated rings. The van der Waals surface area contributed by atoms with Gasteiger partial charge in [0.25, 0.3) is 5.91 Å². The summed E-state index contributed by atoms with van der Waals surface area (Å²) in [5, 5.41) is 3.12. The molecule has 0 radical (unpaired) electrons. The summed E-state index contributed by atoms with van der Waals surface area (Å²) < 4.78 is 10.9. The molecule has 1 aromatic carbocycles. The van der Waals surface area contributed by atoms with Gasteiger partial charge in [0.1, 0.15) is 5.15 Å². The van der Waals surface area contributed by atoms with Gasteiger partial charge >= 0.3 is 0 Å². The van der Waals surface area contributed by atoms with E-state index in [1.165, 1.54) is 12.3 Å². The first-order valence-corrected chi connectivity index (χ1v) is 7.71. The van der Waals surface area contributed by atoms with Crippen molar-refractivity contribution in [2.24, 2.45) is 0 Å². The first-order valence-electron chi connectivity index (χ1n) is 7.33. The molecule has 5 nitrogen and oxygen atoms in total. The molecule has 2 aromatic rings. The second kappa shape index (κ2) is 8.39. The molecule has 23 heavy (non-hydrogen) atoms. The fourth-order valence-electron chi connectivity index (χ4n) is 1.98. The Morgan fingerprint density at radius 3 is 2.78 bits per heavy atom. The predicted octanol–water partition coefficient (Wildman–Crippen LogP) is 3.46. The smallest absolute Gasteiger partial charge is 0.251 e. The molecule has 0 atom stereocenters. The summed E-state index contributed by atoms with van der Waals surface area (Å²) in [4.78, 5) is 15.9. The molecule has 0 aliphatic carbocycles. The summed E-state index contributed by atoms with van der Waals surface area (Å²) in [5.74, 6) is 1.14. The Hall–Kier alpha value is -2.27. The van der Waals surface area contributed by atoms with Gasteiger partial charge in [-0.25, -0.2) is 4.98 Å². The zero-order chi connectivity index (χ0) is 16.7. The van der Waals surface area contributed by atoms with Gasteiger partial charge in [0.2, 0.25) is 0 Å². The topological polar surface area (TPSA) is 60.5 Å². The Labute approximate surface area is 140 Å². The van der Waals surface area contributed by atoms with Crippen LogP contribution < -0.4 is 14.8 Å². The fourth-order valence-corrected chi connectivity index (χ4v) is 2.16. The van der Waals surface area contributed by atoms with E-state index in [0.717, 1.165) is 12.0 Å². The van der Waals surface area contributed by atoms with E-state index in [1.807, 2.05) is 25.1 Å². The summed E-state index contributed by atoms with van der Waals surface area (Å²) in [6.45, 7) is 3.06. The number of nitrogens with zero attached hydrogens (tertiary/aromatic N) is 1. The molecule has 122 valence electrons. The number of hydrogen-bond acceptors (Lipinski definition) is 4. The number of halogens is 1. The lowest BCUT2D eigenvalue weighted by molar-refractivity contribution is 0.0950. The predicted molar refractivity (Wildman–Crippen MR) is 89.2 cm³/mol. The summed E-state index contributed by atoms with van der Waals surface area (Å²) in [5.41, 5.74) is 1.39. The average Bonchev–Trinajstić information content (AvgIpc) is 2.58. The Morgan fingerprint density at radius 1 is 1.26 bits per heavy atom. The van der Waals surface area contributed by atoms with Crippen LogP contribution in [0.1, 0.15) is 29.3 Å². The third kappa shape index (κ3) is 4.86. The van der Waals surface area contributed by atoms with Crippen LogP contribution >= 0.6 is 11.6 Å². The van der Waals surface area contributed by atoms with Gasteiger partial charge in [-0.1, -0.05) is 24.6 Å². The van der Waals surface area contributed by atoms with Gasteiger partial charge in [0.15, 0.2) is 11.5 Å². The minimum absolute atomic E-state index is 0.209. The lowest BCUT2D eigenvalue weighted by Crippen LogP contribution is -2.22. The second-order valence-corrected chi connectivity index (χ2v) is 5.27. The highest BCUT2D eigenvalue weighted by Gasteiger charge is 2.09. The second-order valence-electron chi connectivity index (χ2n) is 4.88. The third-order valence-corrected chi connectivity index (χ3v) is 3.34. The number of carbonyl (C=O) groups is 1. The van der Waals surface area contributed by atoms with Gasteiger partial charge in [-0.3, -0.25) is 4.79 Å². The summed E-state index contributed by atoms with van der Waals surface area (Å²) >= 11 is 5.78. The summed E-state index contributed by atoms with van der Waals surface area (Å²) in [7, 11) is 1.59. The minimum atomic E-state index is -0.209. The van der Waals surface area contributed by atoms with Crippen LogP contribution in [0.4, 0.5) is 0 Å². The SMILES string of the molecule is CCCOc1ccc(CNC(=O)c2ccnc(Cl)c2)cc1OC. The van der Waals surface area contributed by atoms with Crippen LogP contribution in [0, 0.1) is 0 Å². The van der Waals surface area contributed by atoms with Crippen molar-refractivity contribution >= 4 is 17.5 Å². The lowest BCUT2D eigenvalue weighted by Gasteiger charge is -2.12. The number of amides is 1. The number of benzene rings is 1. The van der Waals surface area contributed by atoms with E-state index >= 15 is 0 Å². The quantitative estimate of drug-likeness (QED) is 0.788. The Bertz CT molecular complexity index is 677. The summed E-state index contributed by atoms with van der Waals surface area (Å²) in [6.07, 6.45) is 2.43. The van der Waals surface area contributed by atoms with Crippen molar-refractivity contribution in [3.8, 4) is 11.5 Å². The maximum absolute atomic E-state index is 12.1. The van der Waals surface area contributed by atoms with Crippen molar-refractivity contribution in [2.45, 2.75) is 19.9 Å². The number of carbonyl (C=O) groups excluding carboxylic acids is 1. The third-order valence-electron chi connectivity index (χ3n) is 3.13. The fraction of sp³-hybridized carbons (Fsp3) is 0.294. The molecule has 0 unspecified atom stereocenters. The molecule has 1 N–H and O–H groups in total. The molecule has 0 saturated carbocycles. The highest BCUT2D eigenvalue weighted by Crippen LogP contribution is 2.28. The van der Waals surface area contributed by atoms with Gasteiger partial charge < -0.3 is 14.8 Å². The highest BCUT2D eigenvalue weighted by atomic mass is 35.5. The van der Waals surface area contributed by atoms with Gasteiger partial charge in [-0.2, -0.15) is 0 Å². The van der Waals surface area contributed by atoms with Crippen LogP contribution in [0.5, 0.6) is 11.5 Å². The molecular formula is C17H19ClN2O3.